The van der Waals surface area contributed by atoms with Crippen LogP contribution in [0.25, 0.3) is 0 Å². The minimum Gasteiger partial charge on any atom is -0.485 e. The Morgan fingerprint density at radius 2 is 2.03 bits per heavy atom. The first kappa shape index (κ1) is 23.4. The second kappa shape index (κ2) is 9.75. The van der Waals surface area contributed by atoms with E-state index >= 15 is 0 Å². The summed E-state index contributed by atoms with van der Waals surface area (Å²) in [6.45, 7) is 6.99. The number of hydrogen-bond donors (Lipinski definition) is 1. The molecule has 1 heterocycles. The third-order valence-electron chi connectivity index (χ3n) is 4.40. The van der Waals surface area contributed by atoms with Crippen molar-refractivity contribution in [3.8, 4) is 5.75 Å². The van der Waals surface area contributed by atoms with Gasteiger partial charge in [-0.05, 0) is 47.4 Å². The molecule has 2 rings (SSSR count). The maximum Gasteiger partial charge on any atom is 0.407 e. The number of carbonyl (C=O) groups is 2. The topological polar surface area (TPSA) is 114 Å². The number of ether oxygens (including phenoxy) is 2. The molecule has 0 unspecified atom stereocenters. The Balaban J connectivity index is 2.04. The van der Waals surface area contributed by atoms with Crippen molar-refractivity contribution in [3.05, 3.63) is 33.9 Å². The van der Waals surface area contributed by atoms with Crippen LogP contribution in [-0.2, 0) is 4.74 Å². The molecule has 0 radical (unpaired) electrons. The van der Waals surface area contributed by atoms with E-state index in [-0.39, 0.29) is 30.0 Å². The number of nitrogens with zero attached hydrogens (tertiary/aromatic N) is 3. The molecule has 0 bridgehead atoms. The Morgan fingerprint density at radius 1 is 1.33 bits per heavy atom. The van der Waals surface area contributed by atoms with Gasteiger partial charge < -0.3 is 24.6 Å². The number of nitro groups is 1. The molecule has 1 aliphatic rings. The number of carbonyl (C=O) groups excluding carboxylic acids is 2. The molecule has 2 amide bonds. The van der Waals surface area contributed by atoms with Crippen LogP contribution in [0.4, 0.5) is 10.5 Å². The third kappa shape index (κ3) is 6.87. The molecule has 0 saturated carbocycles. The molecule has 10 heteroatoms. The Kier molecular flexibility index (Phi) is 7.60. The van der Waals surface area contributed by atoms with E-state index in [1.165, 1.54) is 18.2 Å². The predicted octanol–water partition coefficient (Wildman–Crippen LogP) is 2.27. The highest BCUT2D eigenvalue weighted by atomic mass is 16.6. The number of nitro benzene ring substituents is 1. The van der Waals surface area contributed by atoms with Crippen LogP contribution in [0.15, 0.2) is 18.2 Å². The van der Waals surface area contributed by atoms with E-state index < -0.39 is 16.6 Å². The summed E-state index contributed by atoms with van der Waals surface area (Å²) in [6.07, 6.45) is 0.0816. The number of hydrogen-bond acceptors (Lipinski definition) is 7. The Labute approximate surface area is 176 Å². The van der Waals surface area contributed by atoms with Gasteiger partial charge in [-0.3, -0.25) is 14.9 Å². The lowest BCUT2D eigenvalue weighted by molar-refractivity contribution is -0.385. The Hall–Kier alpha value is -2.88. The highest BCUT2D eigenvalue weighted by Gasteiger charge is 2.30. The fourth-order valence-corrected chi connectivity index (χ4v) is 2.97. The number of amides is 2. The zero-order valence-corrected chi connectivity index (χ0v) is 18.1. The average Bonchev–Trinajstić information content (AvgIpc) is 3.07. The van der Waals surface area contributed by atoms with Gasteiger partial charge in [0.15, 0.2) is 5.75 Å². The molecular formula is C20H30N4O6. The van der Waals surface area contributed by atoms with E-state index in [1.54, 1.807) is 25.7 Å². The summed E-state index contributed by atoms with van der Waals surface area (Å²) < 4.78 is 10.8. The van der Waals surface area contributed by atoms with Gasteiger partial charge in [0, 0.05) is 37.3 Å². The Bertz CT molecular complexity index is 790. The van der Waals surface area contributed by atoms with Gasteiger partial charge in [-0.1, -0.05) is 0 Å². The van der Waals surface area contributed by atoms with Crippen LogP contribution in [0, 0.1) is 10.1 Å². The van der Waals surface area contributed by atoms with Crippen LogP contribution < -0.4 is 10.1 Å². The standard InChI is InChI=1S/C20H30N4O6/c1-20(2,3)30-19(26)21-15-8-9-23(13-15)18(25)14-6-7-16(24(27)28)17(12-14)29-11-10-22(4)5/h6-7,12,15H,8-11,13H2,1-5H3,(H,21,26)/t15-/m1/s1. The van der Waals surface area contributed by atoms with Gasteiger partial charge in [-0.2, -0.15) is 0 Å². The van der Waals surface area contributed by atoms with Crippen LogP contribution in [0.2, 0.25) is 0 Å². The van der Waals surface area contributed by atoms with Crippen molar-refractivity contribution in [2.45, 2.75) is 38.8 Å². The molecule has 30 heavy (non-hydrogen) atoms. The molecule has 1 fully saturated rings. The number of benzene rings is 1. The predicted molar refractivity (Wildman–Crippen MR) is 111 cm³/mol. The van der Waals surface area contributed by atoms with Crippen molar-refractivity contribution < 1.29 is 24.0 Å². The molecule has 166 valence electrons. The second-order valence-electron chi connectivity index (χ2n) is 8.47. The molecule has 1 atom stereocenters. The highest BCUT2D eigenvalue weighted by Crippen LogP contribution is 2.29. The molecular weight excluding hydrogens is 392 g/mol. The molecule has 1 aromatic carbocycles. The molecule has 1 aliphatic heterocycles. The summed E-state index contributed by atoms with van der Waals surface area (Å²) in [5.74, 6) is -0.203. The first-order valence-corrected chi connectivity index (χ1v) is 9.81. The van der Waals surface area contributed by atoms with Crippen molar-refractivity contribution in [2.24, 2.45) is 0 Å². The summed E-state index contributed by atoms with van der Waals surface area (Å²) in [5, 5.41) is 14.0. The van der Waals surface area contributed by atoms with Crippen molar-refractivity contribution in [1.82, 2.24) is 15.1 Å². The summed E-state index contributed by atoms with van der Waals surface area (Å²) in [7, 11) is 3.74. The van der Waals surface area contributed by atoms with Crippen LogP contribution in [0.3, 0.4) is 0 Å². The van der Waals surface area contributed by atoms with Crippen LogP contribution in [0.5, 0.6) is 5.75 Å². The average molecular weight is 422 g/mol. The lowest BCUT2D eigenvalue weighted by atomic mass is 10.1. The third-order valence-corrected chi connectivity index (χ3v) is 4.40. The minimum atomic E-state index is -0.597. The van der Waals surface area contributed by atoms with E-state index in [9.17, 15) is 19.7 Å². The van der Waals surface area contributed by atoms with Gasteiger partial charge in [-0.25, -0.2) is 4.79 Å². The summed E-state index contributed by atoms with van der Waals surface area (Å²) in [4.78, 5) is 39.0. The number of rotatable bonds is 7. The van der Waals surface area contributed by atoms with Gasteiger partial charge in [0.25, 0.3) is 5.91 Å². The minimum absolute atomic E-state index is 0.0651. The van der Waals surface area contributed by atoms with Crippen molar-refractivity contribution >= 4 is 17.7 Å². The SMILES string of the molecule is CN(C)CCOc1cc(C(=O)N2CC[C@@H](NC(=O)OC(C)(C)C)C2)ccc1[N+](=O)[O-]. The summed E-state index contributed by atoms with van der Waals surface area (Å²) >= 11 is 0. The van der Waals surface area contributed by atoms with E-state index in [4.69, 9.17) is 9.47 Å². The normalized spacial score (nSPS) is 16.5. The smallest absolute Gasteiger partial charge is 0.407 e. The van der Waals surface area contributed by atoms with Gasteiger partial charge in [-0.15, -0.1) is 0 Å². The van der Waals surface area contributed by atoms with Crippen LogP contribution in [0.1, 0.15) is 37.6 Å². The van der Waals surface area contributed by atoms with E-state index in [2.05, 4.69) is 5.32 Å². The van der Waals surface area contributed by atoms with E-state index in [0.29, 0.717) is 31.6 Å². The highest BCUT2D eigenvalue weighted by molar-refractivity contribution is 5.95. The number of likely N-dealkylation sites (N-methyl/N-ethyl adjacent to an activating group) is 1. The summed E-state index contributed by atoms with van der Waals surface area (Å²) in [5.41, 5.74) is -0.477. The molecule has 10 nitrogen and oxygen atoms in total. The van der Waals surface area contributed by atoms with Crippen molar-refractivity contribution in [3.63, 3.8) is 0 Å². The zero-order valence-electron chi connectivity index (χ0n) is 18.1. The molecule has 1 N–H and O–H groups in total. The first-order chi connectivity index (χ1) is 14.0. The quantitative estimate of drug-likeness (QED) is 0.529. The van der Waals surface area contributed by atoms with E-state index in [1.807, 2.05) is 19.0 Å². The van der Waals surface area contributed by atoms with Gasteiger partial charge in [0.1, 0.15) is 12.2 Å². The van der Waals surface area contributed by atoms with E-state index in [0.717, 1.165) is 0 Å². The zero-order chi connectivity index (χ0) is 22.5. The number of alkyl carbamates (subject to hydrolysis) is 1. The summed E-state index contributed by atoms with van der Waals surface area (Å²) in [6, 6.07) is 3.90. The van der Waals surface area contributed by atoms with Crippen molar-refractivity contribution in [2.75, 3.05) is 40.3 Å². The molecule has 1 aromatic rings. The fourth-order valence-electron chi connectivity index (χ4n) is 2.97. The lowest BCUT2D eigenvalue weighted by Gasteiger charge is -2.22. The first-order valence-electron chi connectivity index (χ1n) is 9.81. The van der Waals surface area contributed by atoms with Crippen LogP contribution >= 0.6 is 0 Å². The molecule has 1 saturated heterocycles. The molecule has 0 spiro atoms. The Morgan fingerprint density at radius 3 is 2.63 bits per heavy atom. The molecule has 0 aromatic heterocycles. The second-order valence-corrected chi connectivity index (χ2v) is 8.47. The maximum absolute atomic E-state index is 12.9. The number of likely N-dealkylation sites (tertiary alicyclic amines) is 1. The lowest BCUT2D eigenvalue weighted by Crippen LogP contribution is -2.41. The monoisotopic (exact) mass is 422 g/mol. The fraction of sp³-hybridized carbons (Fsp3) is 0.600. The van der Waals surface area contributed by atoms with Gasteiger partial charge in [0.05, 0.1) is 11.0 Å². The van der Waals surface area contributed by atoms with Gasteiger partial charge in [0.2, 0.25) is 0 Å². The van der Waals surface area contributed by atoms with Crippen molar-refractivity contribution in [1.29, 1.82) is 0 Å². The van der Waals surface area contributed by atoms with Gasteiger partial charge >= 0.3 is 11.8 Å². The largest absolute Gasteiger partial charge is 0.485 e. The maximum atomic E-state index is 12.9. The number of nitrogens with one attached hydrogen (secondary N) is 1. The van der Waals surface area contributed by atoms with Crippen LogP contribution in [-0.4, -0.2) is 78.7 Å². The molecule has 0 aliphatic carbocycles.